The highest BCUT2D eigenvalue weighted by Gasteiger charge is 2.05. The minimum Gasteiger partial charge on any atom is -0.491 e. The predicted molar refractivity (Wildman–Crippen MR) is 62.7 cm³/mol. The first-order valence-electron chi connectivity index (χ1n) is 5.17. The third-order valence-corrected chi connectivity index (χ3v) is 1.70. The van der Waals surface area contributed by atoms with E-state index in [9.17, 15) is 5.11 Å². The Morgan fingerprint density at radius 3 is 2.56 bits per heavy atom. The number of aliphatic hydroxyl groups is 1. The Morgan fingerprint density at radius 1 is 1.25 bits per heavy atom. The quantitative estimate of drug-likeness (QED) is 0.591. The average molecular weight is 223 g/mol. The number of hydrogen-bond donors (Lipinski definition) is 1. The minimum atomic E-state index is -0.677. The molecule has 0 aliphatic rings. The van der Waals surface area contributed by atoms with Crippen LogP contribution in [0.25, 0.3) is 0 Å². The van der Waals surface area contributed by atoms with E-state index >= 15 is 0 Å². The van der Waals surface area contributed by atoms with Crippen LogP contribution in [0.4, 0.5) is 0 Å². The Labute approximate surface area is 95.5 Å². The average Bonchev–Trinajstić information content (AvgIpc) is 2.27. The van der Waals surface area contributed by atoms with Gasteiger partial charge in [0.1, 0.15) is 25.1 Å². The maximum Gasteiger partial charge on any atom is 0.146 e. The molecule has 4 heteroatoms. The van der Waals surface area contributed by atoms with Crippen LogP contribution in [0.15, 0.2) is 35.5 Å². The number of nitrogens with zero attached hydrogens (tertiary/aromatic N) is 1. The zero-order chi connectivity index (χ0) is 11.8. The van der Waals surface area contributed by atoms with Crippen LogP contribution in [0.1, 0.15) is 13.8 Å². The van der Waals surface area contributed by atoms with Gasteiger partial charge in [-0.3, -0.25) is 0 Å². The Morgan fingerprint density at radius 2 is 1.94 bits per heavy atom. The van der Waals surface area contributed by atoms with Crippen LogP contribution in [0.3, 0.4) is 0 Å². The highest BCUT2D eigenvalue weighted by molar-refractivity contribution is 5.78. The second kappa shape index (κ2) is 6.85. The normalized spacial score (nSPS) is 11.7. The Hall–Kier alpha value is -1.55. The van der Waals surface area contributed by atoms with E-state index in [1.165, 1.54) is 0 Å². The lowest BCUT2D eigenvalue weighted by molar-refractivity contribution is 0.0142. The smallest absolute Gasteiger partial charge is 0.146 e. The Balaban J connectivity index is 2.20. The van der Waals surface area contributed by atoms with Crippen molar-refractivity contribution in [3.63, 3.8) is 0 Å². The summed E-state index contributed by atoms with van der Waals surface area (Å²) in [6.07, 6.45) is -0.677. The van der Waals surface area contributed by atoms with E-state index in [1.54, 1.807) is 0 Å². The molecule has 1 N–H and O–H groups in total. The fourth-order valence-electron chi connectivity index (χ4n) is 1.01. The topological polar surface area (TPSA) is 51.0 Å². The first-order valence-corrected chi connectivity index (χ1v) is 5.17. The SMILES string of the molecule is CC(C)=NOC[C@@H](O)COc1ccccc1. The monoisotopic (exact) mass is 223 g/mol. The van der Waals surface area contributed by atoms with Gasteiger partial charge in [-0.05, 0) is 26.0 Å². The van der Waals surface area contributed by atoms with Gasteiger partial charge >= 0.3 is 0 Å². The summed E-state index contributed by atoms with van der Waals surface area (Å²) in [5.41, 5.74) is 0.816. The fraction of sp³-hybridized carbons (Fsp3) is 0.417. The van der Waals surface area contributed by atoms with Crippen molar-refractivity contribution in [2.45, 2.75) is 20.0 Å². The molecule has 0 spiro atoms. The van der Waals surface area contributed by atoms with Gasteiger partial charge in [-0.15, -0.1) is 0 Å². The number of ether oxygens (including phenoxy) is 1. The van der Waals surface area contributed by atoms with Crippen LogP contribution < -0.4 is 4.74 Å². The van der Waals surface area contributed by atoms with E-state index in [0.717, 1.165) is 11.5 Å². The van der Waals surface area contributed by atoms with Gasteiger partial charge in [0.05, 0.1) is 5.71 Å². The summed E-state index contributed by atoms with van der Waals surface area (Å²) in [6.45, 7) is 3.99. The zero-order valence-corrected chi connectivity index (χ0v) is 9.59. The van der Waals surface area contributed by atoms with Crippen LogP contribution in [-0.2, 0) is 4.84 Å². The van der Waals surface area contributed by atoms with Gasteiger partial charge in [0, 0.05) is 0 Å². The van der Waals surface area contributed by atoms with E-state index in [1.807, 2.05) is 44.2 Å². The van der Waals surface area contributed by atoms with Crippen LogP contribution in [0.5, 0.6) is 5.75 Å². The molecule has 16 heavy (non-hydrogen) atoms. The molecule has 0 fully saturated rings. The summed E-state index contributed by atoms with van der Waals surface area (Å²) >= 11 is 0. The third-order valence-electron chi connectivity index (χ3n) is 1.70. The highest BCUT2D eigenvalue weighted by Crippen LogP contribution is 2.08. The molecule has 0 aliphatic heterocycles. The van der Waals surface area contributed by atoms with E-state index in [-0.39, 0.29) is 13.2 Å². The number of benzene rings is 1. The molecule has 1 aromatic rings. The number of aliphatic hydroxyl groups excluding tert-OH is 1. The minimum absolute atomic E-state index is 0.137. The van der Waals surface area contributed by atoms with Gasteiger partial charge in [-0.25, -0.2) is 0 Å². The maximum absolute atomic E-state index is 9.50. The summed E-state index contributed by atoms with van der Waals surface area (Å²) < 4.78 is 5.35. The standard InChI is InChI=1S/C12H17NO3/c1-10(2)13-16-9-11(14)8-15-12-6-4-3-5-7-12/h3-7,11,14H,8-9H2,1-2H3/t11-/m0/s1. The summed E-state index contributed by atoms with van der Waals surface area (Å²) in [4.78, 5) is 4.90. The molecule has 1 rings (SSSR count). The Bertz CT molecular complexity index is 320. The van der Waals surface area contributed by atoms with E-state index in [2.05, 4.69) is 5.16 Å². The molecule has 1 atom stereocenters. The van der Waals surface area contributed by atoms with Crippen molar-refractivity contribution in [3.05, 3.63) is 30.3 Å². The molecule has 0 radical (unpaired) electrons. The summed E-state index contributed by atoms with van der Waals surface area (Å²) in [6, 6.07) is 9.33. The lowest BCUT2D eigenvalue weighted by atomic mass is 10.3. The summed E-state index contributed by atoms with van der Waals surface area (Å²) in [5, 5.41) is 13.2. The molecule has 0 amide bonds. The molecule has 0 aliphatic carbocycles. The van der Waals surface area contributed by atoms with Gasteiger partial charge < -0.3 is 14.7 Å². The fourth-order valence-corrected chi connectivity index (χ4v) is 1.01. The maximum atomic E-state index is 9.50. The van der Waals surface area contributed by atoms with Crippen LogP contribution in [0, 0.1) is 0 Å². The lowest BCUT2D eigenvalue weighted by Crippen LogP contribution is -2.22. The number of rotatable bonds is 6. The second-order valence-electron chi connectivity index (χ2n) is 3.61. The first-order chi connectivity index (χ1) is 7.68. The molecule has 0 heterocycles. The molecule has 4 nitrogen and oxygen atoms in total. The zero-order valence-electron chi connectivity index (χ0n) is 9.59. The van der Waals surface area contributed by atoms with Crippen LogP contribution in [0.2, 0.25) is 0 Å². The van der Waals surface area contributed by atoms with Gasteiger partial charge in [0.15, 0.2) is 0 Å². The van der Waals surface area contributed by atoms with E-state index in [4.69, 9.17) is 9.57 Å². The number of para-hydroxylation sites is 1. The molecule has 0 unspecified atom stereocenters. The second-order valence-corrected chi connectivity index (χ2v) is 3.61. The van der Waals surface area contributed by atoms with E-state index < -0.39 is 6.10 Å². The molecule has 88 valence electrons. The lowest BCUT2D eigenvalue weighted by Gasteiger charge is -2.11. The molecule has 0 bridgehead atoms. The molecular formula is C12H17NO3. The summed E-state index contributed by atoms with van der Waals surface area (Å²) in [7, 11) is 0. The van der Waals surface area contributed by atoms with Crippen molar-refractivity contribution in [2.75, 3.05) is 13.2 Å². The van der Waals surface area contributed by atoms with Crippen LogP contribution in [-0.4, -0.2) is 30.1 Å². The molecule has 0 saturated heterocycles. The van der Waals surface area contributed by atoms with Gasteiger partial charge in [-0.1, -0.05) is 23.4 Å². The number of hydrogen-bond acceptors (Lipinski definition) is 4. The third kappa shape index (κ3) is 5.36. The molecule has 0 saturated carbocycles. The number of oxime groups is 1. The van der Waals surface area contributed by atoms with Crippen molar-refractivity contribution in [1.29, 1.82) is 0 Å². The van der Waals surface area contributed by atoms with Gasteiger partial charge in [0.25, 0.3) is 0 Å². The van der Waals surface area contributed by atoms with Crippen molar-refractivity contribution in [1.82, 2.24) is 0 Å². The molecule has 1 aromatic carbocycles. The van der Waals surface area contributed by atoms with Crippen molar-refractivity contribution in [2.24, 2.45) is 5.16 Å². The van der Waals surface area contributed by atoms with Crippen molar-refractivity contribution < 1.29 is 14.7 Å². The highest BCUT2D eigenvalue weighted by atomic mass is 16.6. The first kappa shape index (κ1) is 12.5. The van der Waals surface area contributed by atoms with E-state index in [0.29, 0.717) is 0 Å². The Kier molecular flexibility index (Phi) is 5.36. The summed E-state index contributed by atoms with van der Waals surface area (Å²) in [5.74, 6) is 0.733. The van der Waals surface area contributed by atoms with Crippen molar-refractivity contribution in [3.8, 4) is 5.75 Å². The van der Waals surface area contributed by atoms with Gasteiger partial charge in [0.2, 0.25) is 0 Å². The molecular weight excluding hydrogens is 206 g/mol. The molecule has 0 aromatic heterocycles. The van der Waals surface area contributed by atoms with Crippen LogP contribution >= 0.6 is 0 Å². The predicted octanol–water partition coefficient (Wildman–Crippen LogP) is 1.84. The van der Waals surface area contributed by atoms with Crippen molar-refractivity contribution >= 4 is 5.71 Å². The van der Waals surface area contributed by atoms with Gasteiger partial charge in [-0.2, -0.15) is 0 Å². The largest absolute Gasteiger partial charge is 0.491 e.